The fourth-order valence-corrected chi connectivity index (χ4v) is 2.67. The number of carbonyl (C=O) groups is 1. The van der Waals surface area contributed by atoms with Crippen molar-refractivity contribution < 1.29 is 9.53 Å². The number of ether oxygens (including phenoxy) is 1. The van der Waals surface area contributed by atoms with Crippen LogP contribution in [0.3, 0.4) is 0 Å². The molecule has 24 heavy (non-hydrogen) atoms. The molecule has 4 nitrogen and oxygen atoms in total. The first-order chi connectivity index (χ1) is 11.7. The van der Waals surface area contributed by atoms with Crippen LogP contribution in [0.1, 0.15) is 31.4 Å². The van der Waals surface area contributed by atoms with E-state index in [-0.39, 0.29) is 5.91 Å². The molecular formula is C20H26N2O2. The SMILES string of the molecule is CCc1cccc(CC)c1NCCC(=O)Nc1ccc(OC)cc1. The predicted octanol–water partition coefficient (Wildman–Crippen LogP) is 4.26. The van der Waals surface area contributed by atoms with Gasteiger partial charge in [0.25, 0.3) is 0 Å². The van der Waals surface area contributed by atoms with Crippen LogP contribution in [-0.2, 0) is 17.6 Å². The largest absolute Gasteiger partial charge is 0.497 e. The number of nitrogens with one attached hydrogen (secondary N) is 2. The maximum absolute atomic E-state index is 12.1. The van der Waals surface area contributed by atoms with Gasteiger partial charge < -0.3 is 15.4 Å². The second-order valence-electron chi connectivity index (χ2n) is 5.61. The summed E-state index contributed by atoms with van der Waals surface area (Å²) in [6, 6.07) is 13.7. The zero-order valence-electron chi connectivity index (χ0n) is 14.7. The number of methoxy groups -OCH3 is 1. The van der Waals surface area contributed by atoms with Crippen molar-refractivity contribution in [2.24, 2.45) is 0 Å². The van der Waals surface area contributed by atoms with Gasteiger partial charge in [-0.3, -0.25) is 4.79 Å². The Labute approximate surface area is 144 Å². The van der Waals surface area contributed by atoms with E-state index >= 15 is 0 Å². The second-order valence-corrected chi connectivity index (χ2v) is 5.61. The highest BCUT2D eigenvalue weighted by Gasteiger charge is 2.07. The number of rotatable bonds is 8. The Hall–Kier alpha value is -2.49. The fourth-order valence-electron chi connectivity index (χ4n) is 2.67. The third-order valence-electron chi connectivity index (χ3n) is 4.03. The zero-order chi connectivity index (χ0) is 17.4. The first-order valence-electron chi connectivity index (χ1n) is 8.46. The van der Waals surface area contributed by atoms with E-state index in [9.17, 15) is 4.79 Å². The van der Waals surface area contributed by atoms with E-state index in [1.54, 1.807) is 7.11 Å². The molecule has 0 aliphatic rings. The van der Waals surface area contributed by atoms with Crippen LogP contribution in [0.15, 0.2) is 42.5 Å². The number of benzene rings is 2. The summed E-state index contributed by atoms with van der Waals surface area (Å²) < 4.78 is 5.11. The Morgan fingerprint density at radius 2 is 1.62 bits per heavy atom. The van der Waals surface area contributed by atoms with Crippen molar-refractivity contribution >= 4 is 17.3 Å². The third kappa shape index (κ3) is 4.75. The van der Waals surface area contributed by atoms with Gasteiger partial charge in [-0.2, -0.15) is 0 Å². The minimum atomic E-state index is -0.000283. The molecule has 2 aromatic carbocycles. The summed E-state index contributed by atoms with van der Waals surface area (Å²) in [4.78, 5) is 12.1. The normalized spacial score (nSPS) is 10.3. The smallest absolute Gasteiger partial charge is 0.226 e. The molecule has 0 fully saturated rings. The molecule has 0 unspecified atom stereocenters. The van der Waals surface area contributed by atoms with E-state index in [1.807, 2.05) is 24.3 Å². The van der Waals surface area contributed by atoms with Gasteiger partial charge in [-0.15, -0.1) is 0 Å². The van der Waals surface area contributed by atoms with Crippen LogP contribution in [0.4, 0.5) is 11.4 Å². The topological polar surface area (TPSA) is 50.4 Å². The highest BCUT2D eigenvalue weighted by Crippen LogP contribution is 2.22. The molecule has 0 aliphatic heterocycles. The van der Waals surface area contributed by atoms with Crippen molar-refractivity contribution in [3.8, 4) is 5.75 Å². The van der Waals surface area contributed by atoms with E-state index in [1.165, 1.54) is 16.8 Å². The van der Waals surface area contributed by atoms with Crippen molar-refractivity contribution in [1.29, 1.82) is 0 Å². The Kier molecular flexibility index (Phi) is 6.67. The lowest BCUT2D eigenvalue weighted by atomic mass is 10.0. The number of hydrogen-bond donors (Lipinski definition) is 2. The molecule has 128 valence electrons. The molecule has 0 atom stereocenters. The molecule has 0 spiro atoms. The number of aryl methyl sites for hydroxylation is 2. The standard InChI is InChI=1S/C20H26N2O2/c1-4-15-7-6-8-16(5-2)20(15)21-14-13-19(23)22-17-9-11-18(24-3)12-10-17/h6-12,21H,4-5,13-14H2,1-3H3,(H,22,23). The van der Waals surface area contributed by atoms with E-state index in [4.69, 9.17) is 4.74 Å². The zero-order valence-corrected chi connectivity index (χ0v) is 14.7. The Morgan fingerprint density at radius 3 is 2.17 bits per heavy atom. The third-order valence-corrected chi connectivity index (χ3v) is 4.03. The predicted molar refractivity (Wildman–Crippen MR) is 99.9 cm³/mol. The van der Waals surface area contributed by atoms with Crippen molar-refractivity contribution in [3.63, 3.8) is 0 Å². The van der Waals surface area contributed by atoms with Crippen LogP contribution >= 0.6 is 0 Å². The molecule has 2 N–H and O–H groups in total. The van der Waals surface area contributed by atoms with Gasteiger partial charge in [0.2, 0.25) is 5.91 Å². The first kappa shape index (κ1) is 17.9. The van der Waals surface area contributed by atoms with Gasteiger partial charge in [0.1, 0.15) is 5.75 Å². The van der Waals surface area contributed by atoms with Gasteiger partial charge in [-0.1, -0.05) is 32.0 Å². The second kappa shape index (κ2) is 8.96. The van der Waals surface area contributed by atoms with Crippen LogP contribution < -0.4 is 15.4 Å². The molecule has 0 saturated carbocycles. The summed E-state index contributed by atoms with van der Waals surface area (Å²) in [5, 5.41) is 6.34. The fraction of sp³-hybridized carbons (Fsp3) is 0.350. The summed E-state index contributed by atoms with van der Waals surface area (Å²) in [7, 11) is 1.62. The maximum Gasteiger partial charge on any atom is 0.226 e. The molecule has 2 aromatic rings. The number of para-hydroxylation sites is 1. The summed E-state index contributed by atoms with van der Waals surface area (Å²) in [5.41, 5.74) is 4.55. The average Bonchev–Trinajstić information content (AvgIpc) is 2.62. The highest BCUT2D eigenvalue weighted by molar-refractivity contribution is 5.91. The molecule has 0 radical (unpaired) electrons. The van der Waals surface area contributed by atoms with Gasteiger partial charge in [-0.25, -0.2) is 0 Å². The monoisotopic (exact) mass is 326 g/mol. The van der Waals surface area contributed by atoms with Crippen molar-refractivity contribution in [2.75, 3.05) is 24.3 Å². The van der Waals surface area contributed by atoms with E-state index in [0.717, 1.165) is 24.3 Å². The van der Waals surface area contributed by atoms with E-state index < -0.39 is 0 Å². The Balaban J connectivity index is 1.88. The number of amides is 1. The summed E-state index contributed by atoms with van der Waals surface area (Å²) in [6.07, 6.45) is 2.38. The lowest BCUT2D eigenvalue weighted by Crippen LogP contribution is -2.17. The lowest BCUT2D eigenvalue weighted by Gasteiger charge is -2.15. The molecule has 4 heteroatoms. The van der Waals surface area contributed by atoms with E-state index in [0.29, 0.717) is 13.0 Å². The Morgan fingerprint density at radius 1 is 1.00 bits per heavy atom. The number of hydrogen-bond acceptors (Lipinski definition) is 3. The molecule has 0 aromatic heterocycles. The number of carbonyl (C=O) groups excluding carboxylic acids is 1. The lowest BCUT2D eigenvalue weighted by molar-refractivity contribution is -0.115. The highest BCUT2D eigenvalue weighted by atomic mass is 16.5. The molecule has 0 saturated heterocycles. The summed E-state index contributed by atoms with van der Waals surface area (Å²) >= 11 is 0. The van der Waals surface area contributed by atoms with Gasteiger partial charge in [-0.05, 0) is 48.2 Å². The minimum Gasteiger partial charge on any atom is -0.497 e. The molecule has 1 amide bonds. The van der Waals surface area contributed by atoms with Crippen molar-refractivity contribution in [1.82, 2.24) is 0 Å². The quantitative estimate of drug-likeness (QED) is 0.762. The molecule has 0 bridgehead atoms. The van der Waals surface area contributed by atoms with Gasteiger partial charge in [0.15, 0.2) is 0 Å². The van der Waals surface area contributed by atoms with Gasteiger partial charge in [0, 0.05) is 24.3 Å². The van der Waals surface area contributed by atoms with Crippen LogP contribution in [0, 0.1) is 0 Å². The molecular weight excluding hydrogens is 300 g/mol. The van der Waals surface area contributed by atoms with Gasteiger partial charge in [0.05, 0.1) is 7.11 Å². The van der Waals surface area contributed by atoms with Gasteiger partial charge >= 0.3 is 0 Å². The molecule has 0 aliphatic carbocycles. The summed E-state index contributed by atoms with van der Waals surface area (Å²) in [5.74, 6) is 0.776. The van der Waals surface area contributed by atoms with Crippen LogP contribution in [0.2, 0.25) is 0 Å². The van der Waals surface area contributed by atoms with Crippen LogP contribution in [0.5, 0.6) is 5.75 Å². The number of anilines is 2. The minimum absolute atomic E-state index is 0.000283. The van der Waals surface area contributed by atoms with Crippen molar-refractivity contribution in [2.45, 2.75) is 33.1 Å². The van der Waals surface area contributed by atoms with Crippen LogP contribution in [-0.4, -0.2) is 19.6 Å². The van der Waals surface area contributed by atoms with E-state index in [2.05, 4.69) is 42.7 Å². The maximum atomic E-state index is 12.1. The Bertz CT molecular complexity index is 644. The average molecular weight is 326 g/mol. The first-order valence-corrected chi connectivity index (χ1v) is 8.46. The molecule has 0 heterocycles. The van der Waals surface area contributed by atoms with Crippen LogP contribution in [0.25, 0.3) is 0 Å². The molecule has 2 rings (SSSR count). The summed E-state index contributed by atoms with van der Waals surface area (Å²) in [6.45, 7) is 4.92. The van der Waals surface area contributed by atoms with Crippen molar-refractivity contribution in [3.05, 3.63) is 53.6 Å².